The molecule has 2 N–H and O–H groups in total. The average molecular weight is 379 g/mol. The Bertz CT molecular complexity index is 963. The minimum absolute atomic E-state index is 0.348. The summed E-state index contributed by atoms with van der Waals surface area (Å²) in [6.07, 6.45) is 0. The predicted molar refractivity (Wildman–Crippen MR) is 102 cm³/mol. The van der Waals surface area contributed by atoms with E-state index in [9.17, 15) is 8.42 Å². The first-order chi connectivity index (χ1) is 11.3. The number of nitrogens with zero attached hydrogens (tertiary/aromatic N) is 1. The Labute approximate surface area is 150 Å². The number of aromatic nitrogens is 1. The molecule has 0 fully saturated rings. The topological polar surface area (TPSA) is 73.0 Å². The second kappa shape index (κ2) is 6.84. The van der Waals surface area contributed by atoms with E-state index in [0.29, 0.717) is 11.3 Å². The van der Waals surface area contributed by atoms with Crippen LogP contribution in [0.3, 0.4) is 0 Å². The van der Waals surface area contributed by atoms with Gasteiger partial charge in [-0.25, -0.2) is 18.5 Å². The van der Waals surface area contributed by atoms with Gasteiger partial charge in [-0.1, -0.05) is 47.7 Å². The van der Waals surface area contributed by atoms with Crippen LogP contribution in [0.15, 0.2) is 46.8 Å². The van der Waals surface area contributed by atoms with Gasteiger partial charge in [0.05, 0.1) is 10.2 Å². The monoisotopic (exact) mass is 378 g/mol. The van der Waals surface area contributed by atoms with Gasteiger partial charge >= 0.3 is 0 Å². The Morgan fingerprint density at radius 3 is 2.46 bits per heavy atom. The van der Waals surface area contributed by atoms with E-state index in [4.69, 9.17) is 5.14 Å². The molecule has 0 aliphatic rings. The van der Waals surface area contributed by atoms with E-state index in [1.54, 1.807) is 11.3 Å². The molecule has 1 atom stereocenters. The third kappa shape index (κ3) is 3.97. The summed E-state index contributed by atoms with van der Waals surface area (Å²) in [4.78, 5) is 4.58. The van der Waals surface area contributed by atoms with Crippen molar-refractivity contribution in [3.05, 3.63) is 59.2 Å². The Balaban J connectivity index is 1.83. The quantitative estimate of drug-likeness (QED) is 0.680. The smallest absolute Gasteiger partial charge is 0.216 e. The van der Waals surface area contributed by atoms with Gasteiger partial charge in [0, 0.05) is 5.75 Å². The molecule has 1 aromatic heterocycles. The van der Waals surface area contributed by atoms with E-state index in [0.717, 1.165) is 25.7 Å². The van der Waals surface area contributed by atoms with Crippen LogP contribution in [0, 0.1) is 13.8 Å². The molecular formula is C17H18N2O2S3. The fourth-order valence-electron chi connectivity index (χ4n) is 2.39. The third-order valence-electron chi connectivity index (χ3n) is 3.73. The largest absolute Gasteiger partial charge is 0.230 e. The number of thiazole rings is 1. The van der Waals surface area contributed by atoms with E-state index in [1.807, 2.05) is 50.2 Å². The third-order valence-corrected chi connectivity index (χ3v) is 7.44. The lowest BCUT2D eigenvalue weighted by Crippen LogP contribution is -2.23. The molecule has 0 radical (unpaired) electrons. The highest BCUT2D eigenvalue weighted by Gasteiger charge is 2.24. The highest BCUT2D eigenvalue weighted by Crippen LogP contribution is 2.34. The summed E-state index contributed by atoms with van der Waals surface area (Å²) < 4.78 is 26.0. The molecule has 3 aromatic rings. The van der Waals surface area contributed by atoms with Crippen LogP contribution in [-0.4, -0.2) is 19.2 Å². The molecule has 1 heterocycles. The van der Waals surface area contributed by atoms with Crippen LogP contribution in [0.1, 0.15) is 21.9 Å². The minimum atomic E-state index is -3.68. The fourth-order valence-corrected chi connectivity index (χ4v) is 5.92. The molecule has 3 rings (SSSR count). The minimum Gasteiger partial charge on any atom is -0.230 e. The van der Waals surface area contributed by atoms with Crippen molar-refractivity contribution in [3.8, 4) is 0 Å². The normalized spacial score (nSPS) is 13.3. The number of aryl methyl sites for hydroxylation is 2. The molecule has 1 unspecified atom stereocenters. The van der Waals surface area contributed by atoms with E-state index in [2.05, 4.69) is 11.1 Å². The van der Waals surface area contributed by atoms with E-state index >= 15 is 0 Å². The number of nitrogens with two attached hydrogens (primary N) is 1. The SMILES string of the molecule is Cc1ccc(C(CSc2nc3cc(C)ccc3s2)S(N)(=O)=O)cc1. The van der Waals surface area contributed by atoms with Crippen molar-refractivity contribution >= 4 is 43.3 Å². The summed E-state index contributed by atoms with van der Waals surface area (Å²) in [5, 5.41) is 4.71. The standard InChI is InChI=1S/C17H18N2O2S3/c1-11-3-6-13(7-4-11)16(24(18,20)21)10-22-17-19-14-9-12(2)5-8-15(14)23-17/h3-9,16H,10H2,1-2H3,(H2,18,20,21). The zero-order chi connectivity index (χ0) is 17.3. The van der Waals surface area contributed by atoms with Crippen LogP contribution in [0.25, 0.3) is 10.2 Å². The number of rotatable bonds is 5. The second-order valence-corrected chi connectivity index (χ2v) is 9.80. The number of primary sulfonamides is 1. The Morgan fingerprint density at radius 1 is 1.12 bits per heavy atom. The second-order valence-electron chi connectivity index (χ2n) is 5.75. The lowest BCUT2D eigenvalue weighted by molar-refractivity contribution is 0.588. The van der Waals surface area contributed by atoms with Gasteiger partial charge in [-0.2, -0.15) is 0 Å². The molecule has 7 heteroatoms. The van der Waals surface area contributed by atoms with Gasteiger partial charge in [0.1, 0.15) is 5.25 Å². The van der Waals surface area contributed by atoms with Gasteiger partial charge in [0.25, 0.3) is 0 Å². The van der Waals surface area contributed by atoms with Crippen LogP contribution in [0.2, 0.25) is 0 Å². The highest BCUT2D eigenvalue weighted by atomic mass is 32.2. The highest BCUT2D eigenvalue weighted by molar-refractivity contribution is 8.02. The van der Waals surface area contributed by atoms with Gasteiger partial charge in [0.2, 0.25) is 10.0 Å². The van der Waals surface area contributed by atoms with Crippen molar-refractivity contribution in [3.63, 3.8) is 0 Å². The number of hydrogen-bond donors (Lipinski definition) is 1. The van der Waals surface area contributed by atoms with Gasteiger partial charge in [-0.15, -0.1) is 11.3 Å². The van der Waals surface area contributed by atoms with Crippen LogP contribution in [0.5, 0.6) is 0 Å². The zero-order valence-corrected chi connectivity index (χ0v) is 15.8. The van der Waals surface area contributed by atoms with Crippen molar-refractivity contribution in [1.29, 1.82) is 0 Å². The molecule has 0 saturated heterocycles. The summed E-state index contributed by atoms with van der Waals surface area (Å²) >= 11 is 3.01. The summed E-state index contributed by atoms with van der Waals surface area (Å²) in [5.41, 5.74) is 3.91. The van der Waals surface area contributed by atoms with Crippen molar-refractivity contribution in [2.24, 2.45) is 5.14 Å². The summed E-state index contributed by atoms with van der Waals surface area (Å²) in [6.45, 7) is 3.99. The Kier molecular flexibility index (Phi) is 4.96. The van der Waals surface area contributed by atoms with Crippen molar-refractivity contribution < 1.29 is 8.42 Å². The van der Waals surface area contributed by atoms with Gasteiger partial charge < -0.3 is 0 Å². The molecule has 126 valence electrons. The summed E-state index contributed by atoms with van der Waals surface area (Å²) in [6, 6.07) is 13.6. The molecule has 0 bridgehead atoms. The van der Waals surface area contributed by atoms with Crippen LogP contribution < -0.4 is 5.14 Å². The maximum atomic E-state index is 12.0. The van der Waals surface area contributed by atoms with Crippen molar-refractivity contribution in [2.75, 3.05) is 5.75 Å². The Hall–Kier alpha value is -1.41. The predicted octanol–water partition coefficient (Wildman–Crippen LogP) is 4.04. The van der Waals surface area contributed by atoms with E-state index in [-0.39, 0.29) is 0 Å². The van der Waals surface area contributed by atoms with Crippen molar-refractivity contribution in [2.45, 2.75) is 23.4 Å². The number of sulfonamides is 1. The lowest BCUT2D eigenvalue weighted by atomic mass is 10.1. The number of hydrogen-bond acceptors (Lipinski definition) is 5. The maximum Gasteiger partial charge on any atom is 0.216 e. The van der Waals surface area contributed by atoms with Crippen LogP contribution >= 0.6 is 23.1 Å². The molecule has 2 aromatic carbocycles. The van der Waals surface area contributed by atoms with Gasteiger partial charge in [-0.3, -0.25) is 0 Å². The van der Waals surface area contributed by atoms with E-state index < -0.39 is 15.3 Å². The molecule has 0 saturated carbocycles. The first-order valence-corrected chi connectivity index (χ1v) is 10.8. The number of fused-ring (bicyclic) bond motifs is 1. The fraction of sp³-hybridized carbons (Fsp3) is 0.235. The number of thioether (sulfide) groups is 1. The first-order valence-electron chi connectivity index (χ1n) is 7.41. The molecule has 24 heavy (non-hydrogen) atoms. The lowest BCUT2D eigenvalue weighted by Gasteiger charge is -2.14. The average Bonchev–Trinajstić information content (AvgIpc) is 2.89. The van der Waals surface area contributed by atoms with Crippen LogP contribution in [-0.2, 0) is 10.0 Å². The van der Waals surface area contributed by atoms with Crippen LogP contribution in [0.4, 0.5) is 0 Å². The van der Waals surface area contributed by atoms with E-state index in [1.165, 1.54) is 11.8 Å². The molecule has 4 nitrogen and oxygen atoms in total. The molecule has 0 amide bonds. The summed E-state index contributed by atoms with van der Waals surface area (Å²) in [5.74, 6) is 0.348. The molecule has 0 aliphatic heterocycles. The van der Waals surface area contributed by atoms with Gasteiger partial charge in [0.15, 0.2) is 4.34 Å². The molecular weight excluding hydrogens is 360 g/mol. The molecule has 0 aliphatic carbocycles. The summed E-state index contributed by atoms with van der Waals surface area (Å²) in [7, 11) is -3.68. The molecule has 0 spiro atoms. The number of benzene rings is 2. The Morgan fingerprint density at radius 2 is 1.79 bits per heavy atom. The van der Waals surface area contributed by atoms with Gasteiger partial charge in [-0.05, 0) is 37.1 Å². The maximum absolute atomic E-state index is 12.0. The van der Waals surface area contributed by atoms with Crippen molar-refractivity contribution in [1.82, 2.24) is 4.98 Å². The first kappa shape index (κ1) is 17.4. The zero-order valence-electron chi connectivity index (χ0n) is 13.4.